The van der Waals surface area contributed by atoms with E-state index in [1.54, 1.807) is 12.3 Å². The molecule has 0 amide bonds. The second-order valence-corrected chi connectivity index (χ2v) is 3.97. The van der Waals surface area contributed by atoms with Crippen molar-refractivity contribution in [1.82, 2.24) is 9.78 Å². The minimum absolute atomic E-state index is 0.136. The Bertz CT molecular complexity index is 545. The predicted octanol–water partition coefficient (Wildman–Crippen LogP) is 1.10. The van der Waals surface area contributed by atoms with E-state index in [0.29, 0.717) is 6.54 Å². The van der Waals surface area contributed by atoms with E-state index in [-0.39, 0.29) is 11.6 Å². The van der Waals surface area contributed by atoms with Crippen molar-refractivity contribution in [3.8, 4) is 0 Å². The van der Waals surface area contributed by atoms with E-state index in [2.05, 4.69) is 5.10 Å². The van der Waals surface area contributed by atoms with Crippen molar-refractivity contribution in [2.75, 3.05) is 6.54 Å². The van der Waals surface area contributed by atoms with Crippen molar-refractivity contribution in [3.05, 3.63) is 64.1 Å². The van der Waals surface area contributed by atoms with Gasteiger partial charge in [-0.3, -0.25) is 4.79 Å². The number of benzene rings is 1. The van der Waals surface area contributed by atoms with Gasteiger partial charge < -0.3 is 5.73 Å². The Balaban J connectivity index is 2.44. The topological polar surface area (TPSA) is 60.9 Å². The molecule has 1 aromatic carbocycles. The van der Waals surface area contributed by atoms with Crippen molar-refractivity contribution >= 4 is 0 Å². The first-order valence-corrected chi connectivity index (χ1v) is 5.53. The fourth-order valence-corrected chi connectivity index (χ4v) is 1.77. The molecule has 1 atom stereocenters. The van der Waals surface area contributed by atoms with Crippen LogP contribution >= 0.6 is 0 Å². The van der Waals surface area contributed by atoms with Gasteiger partial charge in [0.2, 0.25) is 0 Å². The van der Waals surface area contributed by atoms with Gasteiger partial charge >= 0.3 is 0 Å². The summed E-state index contributed by atoms with van der Waals surface area (Å²) in [6, 6.07) is 10.9. The molecule has 88 valence electrons. The number of hydrogen-bond acceptors (Lipinski definition) is 3. The lowest BCUT2D eigenvalue weighted by atomic mass is 10.1. The van der Waals surface area contributed by atoms with Crippen LogP contribution in [-0.2, 0) is 0 Å². The Kier molecular flexibility index (Phi) is 3.35. The SMILES string of the molecule is Cc1ccc([C@H](CN)n2ncccc2=O)cc1. The predicted molar refractivity (Wildman–Crippen MR) is 66.9 cm³/mol. The summed E-state index contributed by atoms with van der Waals surface area (Å²) in [4.78, 5) is 11.7. The molecular formula is C13H15N3O. The van der Waals surface area contributed by atoms with Crippen LogP contribution in [0.3, 0.4) is 0 Å². The Hall–Kier alpha value is -1.94. The maximum atomic E-state index is 11.7. The molecule has 0 unspecified atom stereocenters. The molecule has 0 fully saturated rings. The summed E-state index contributed by atoms with van der Waals surface area (Å²) in [5, 5.41) is 4.07. The molecule has 0 saturated heterocycles. The molecule has 2 rings (SSSR count). The summed E-state index contributed by atoms with van der Waals surface area (Å²) in [5.74, 6) is 0. The normalized spacial score (nSPS) is 12.4. The zero-order valence-electron chi connectivity index (χ0n) is 9.71. The van der Waals surface area contributed by atoms with Crippen LogP contribution in [0.4, 0.5) is 0 Å². The third-order valence-corrected chi connectivity index (χ3v) is 2.72. The van der Waals surface area contributed by atoms with Crippen LogP contribution in [0.25, 0.3) is 0 Å². The number of aromatic nitrogens is 2. The Morgan fingerprint density at radius 2 is 2.00 bits per heavy atom. The lowest BCUT2D eigenvalue weighted by Gasteiger charge is -2.16. The average molecular weight is 229 g/mol. The van der Waals surface area contributed by atoms with Crippen molar-refractivity contribution < 1.29 is 0 Å². The average Bonchev–Trinajstić information content (AvgIpc) is 2.35. The maximum absolute atomic E-state index is 11.7. The smallest absolute Gasteiger partial charge is 0.267 e. The summed E-state index contributed by atoms with van der Waals surface area (Å²) in [6.45, 7) is 2.37. The molecule has 17 heavy (non-hydrogen) atoms. The quantitative estimate of drug-likeness (QED) is 0.857. The zero-order chi connectivity index (χ0) is 12.3. The van der Waals surface area contributed by atoms with E-state index in [4.69, 9.17) is 5.73 Å². The number of nitrogens with zero attached hydrogens (tertiary/aromatic N) is 2. The molecule has 2 aromatic rings. The number of rotatable bonds is 3. The van der Waals surface area contributed by atoms with Gasteiger partial charge in [0, 0.05) is 18.8 Å². The number of aryl methyl sites for hydroxylation is 1. The molecule has 0 radical (unpaired) electrons. The van der Waals surface area contributed by atoms with Crippen LogP contribution in [0.5, 0.6) is 0 Å². The van der Waals surface area contributed by atoms with E-state index in [1.165, 1.54) is 16.3 Å². The first-order valence-electron chi connectivity index (χ1n) is 5.53. The highest BCUT2D eigenvalue weighted by atomic mass is 16.1. The standard InChI is InChI=1S/C13H15N3O/c1-10-4-6-11(7-5-10)12(9-14)16-13(17)3-2-8-15-16/h2-8,12H,9,14H2,1H3/t12-/m0/s1. The fraction of sp³-hybridized carbons (Fsp3) is 0.231. The van der Waals surface area contributed by atoms with Crippen LogP contribution in [0.15, 0.2) is 47.4 Å². The maximum Gasteiger partial charge on any atom is 0.267 e. The molecule has 0 aliphatic carbocycles. The third kappa shape index (κ3) is 2.42. The van der Waals surface area contributed by atoms with Crippen LogP contribution < -0.4 is 11.3 Å². The summed E-state index contributed by atoms with van der Waals surface area (Å²) in [5.41, 5.74) is 7.79. The molecule has 4 heteroatoms. The van der Waals surface area contributed by atoms with Crippen molar-refractivity contribution in [2.24, 2.45) is 5.73 Å². The lowest BCUT2D eigenvalue weighted by molar-refractivity contribution is 0.503. The Labute approximate surface area is 99.7 Å². The second-order valence-electron chi connectivity index (χ2n) is 3.97. The highest BCUT2D eigenvalue weighted by Crippen LogP contribution is 2.15. The molecule has 0 spiro atoms. The highest BCUT2D eigenvalue weighted by molar-refractivity contribution is 5.24. The van der Waals surface area contributed by atoms with Crippen molar-refractivity contribution in [3.63, 3.8) is 0 Å². The van der Waals surface area contributed by atoms with E-state index in [9.17, 15) is 4.79 Å². The summed E-state index contributed by atoms with van der Waals surface area (Å²) in [6.07, 6.45) is 1.60. The first-order chi connectivity index (χ1) is 8.22. The van der Waals surface area contributed by atoms with Gasteiger partial charge in [0.1, 0.15) is 0 Å². The summed E-state index contributed by atoms with van der Waals surface area (Å²) in [7, 11) is 0. The second kappa shape index (κ2) is 4.93. The molecule has 2 N–H and O–H groups in total. The van der Waals surface area contributed by atoms with E-state index < -0.39 is 0 Å². The number of nitrogens with two attached hydrogens (primary N) is 1. The van der Waals surface area contributed by atoms with Gasteiger partial charge in [-0.15, -0.1) is 0 Å². The van der Waals surface area contributed by atoms with Gasteiger partial charge in [0.05, 0.1) is 6.04 Å². The molecule has 1 heterocycles. The summed E-state index contributed by atoms with van der Waals surface area (Å²) >= 11 is 0. The molecule has 1 aromatic heterocycles. The van der Waals surface area contributed by atoms with E-state index >= 15 is 0 Å². The minimum atomic E-state index is -0.204. The molecule has 4 nitrogen and oxygen atoms in total. The highest BCUT2D eigenvalue weighted by Gasteiger charge is 2.13. The lowest BCUT2D eigenvalue weighted by Crippen LogP contribution is -2.31. The monoisotopic (exact) mass is 229 g/mol. The van der Waals surface area contributed by atoms with Crippen LogP contribution in [-0.4, -0.2) is 16.3 Å². The number of hydrogen-bond donors (Lipinski definition) is 1. The van der Waals surface area contributed by atoms with Crippen molar-refractivity contribution in [1.29, 1.82) is 0 Å². The molecule has 0 aliphatic rings. The van der Waals surface area contributed by atoms with Gasteiger partial charge in [0.25, 0.3) is 5.56 Å². The summed E-state index contributed by atoms with van der Waals surface area (Å²) < 4.78 is 1.42. The van der Waals surface area contributed by atoms with Gasteiger partial charge in [0.15, 0.2) is 0 Å². The molecule has 0 aliphatic heterocycles. The van der Waals surface area contributed by atoms with E-state index in [0.717, 1.165) is 5.56 Å². The largest absolute Gasteiger partial charge is 0.328 e. The van der Waals surface area contributed by atoms with Crippen LogP contribution in [0, 0.1) is 6.92 Å². The van der Waals surface area contributed by atoms with Gasteiger partial charge in [-0.25, -0.2) is 4.68 Å². The van der Waals surface area contributed by atoms with Gasteiger partial charge in [-0.1, -0.05) is 29.8 Å². The zero-order valence-corrected chi connectivity index (χ0v) is 9.71. The molecule has 0 bridgehead atoms. The van der Waals surface area contributed by atoms with Gasteiger partial charge in [-0.05, 0) is 18.6 Å². The van der Waals surface area contributed by atoms with Crippen molar-refractivity contribution in [2.45, 2.75) is 13.0 Å². The fourth-order valence-electron chi connectivity index (χ4n) is 1.77. The minimum Gasteiger partial charge on any atom is -0.328 e. The van der Waals surface area contributed by atoms with Gasteiger partial charge in [-0.2, -0.15) is 5.10 Å². The first kappa shape index (κ1) is 11.5. The molecular weight excluding hydrogens is 214 g/mol. The van der Waals surface area contributed by atoms with Crippen LogP contribution in [0.1, 0.15) is 17.2 Å². The third-order valence-electron chi connectivity index (χ3n) is 2.72. The van der Waals surface area contributed by atoms with E-state index in [1.807, 2.05) is 31.2 Å². The van der Waals surface area contributed by atoms with Crippen LogP contribution in [0.2, 0.25) is 0 Å². The Morgan fingerprint density at radius 3 is 2.59 bits per heavy atom. The Morgan fingerprint density at radius 1 is 1.29 bits per heavy atom. The molecule has 0 saturated carbocycles.